The molecule has 3 fully saturated rings. The second kappa shape index (κ2) is 12.6. The van der Waals surface area contributed by atoms with Gasteiger partial charge in [0.15, 0.2) is 0 Å². The second-order valence-electron chi connectivity index (χ2n) is 11.7. The predicted molar refractivity (Wildman–Crippen MR) is 171 cm³/mol. The van der Waals surface area contributed by atoms with Crippen LogP contribution in [0.4, 0.5) is 11.4 Å². The zero-order valence-electron chi connectivity index (χ0n) is 25.0. The van der Waals surface area contributed by atoms with Gasteiger partial charge in [-0.05, 0) is 69.0 Å². The molecule has 0 saturated carbocycles. The number of nitrogens with zero attached hydrogens (tertiary/aromatic N) is 3. The quantitative estimate of drug-likeness (QED) is 0.264. The van der Waals surface area contributed by atoms with Gasteiger partial charge in [-0.2, -0.15) is 0 Å². The molecule has 9 heteroatoms. The molecule has 3 saturated heterocycles. The highest BCUT2D eigenvalue weighted by Crippen LogP contribution is 2.71. The van der Waals surface area contributed by atoms with Gasteiger partial charge in [-0.25, -0.2) is 0 Å². The monoisotopic (exact) mass is 603 g/mol. The lowest BCUT2D eigenvalue weighted by Crippen LogP contribution is -2.55. The maximum absolute atomic E-state index is 14.7. The van der Waals surface area contributed by atoms with Crippen molar-refractivity contribution in [1.82, 2.24) is 4.90 Å². The van der Waals surface area contributed by atoms with E-state index < -0.39 is 27.4 Å². The number of benzene rings is 2. The number of anilines is 2. The van der Waals surface area contributed by atoms with Gasteiger partial charge in [0, 0.05) is 42.4 Å². The molecule has 5 atom stereocenters. The van der Waals surface area contributed by atoms with Gasteiger partial charge in [-0.15, -0.1) is 24.9 Å². The van der Waals surface area contributed by atoms with Crippen LogP contribution in [0.2, 0.25) is 0 Å². The number of rotatable bonds is 13. The van der Waals surface area contributed by atoms with Crippen molar-refractivity contribution in [3.8, 4) is 5.75 Å². The van der Waals surface area contributed by atoms with E-state index in [0.29, 0.717) is 43.8 Å². The summed E-state index contributed by atoms with van der Waals surface area (Å²) >= 11 is 1.66. The zero-order chi connectivity index (χ0) is 30.8. The summed E-state index contributed by atoms with van der Waals surface area (Å²) in [5, 5.41) is 9.50. The molecule has 0 radical (unpaired) electrons. The van der Waals surface area contributed by atoms with Gasteiger partial charge in [-0.1, -0.05) is 30.4 Å². The Morgan fingerprint density at radius 1 is 1.00 bits per heavy atom. The third-order valence-electron chi connectivity index (χ3n) is 9.19. The molecular formula is C34H41N3O5S. The number of carbonyl (C=O) groups excluding carboxylic acids is 3. The van der Waals surface area contributed by atoms with Crippen LogP contribution in [0.25, 0.3) is 0 Å². The van der Waals surface area contributed by atoms with Crippen LogP contribution in [0.3, 0.4) is 0 Å². The standard InChI is InChI=1S/C34H41N3O5S/c1-5-20-35(24-12-8-7-9-13-24)30(39)27-28-31(40)37(22-10-11-23-38)29(34(28)19-18-33(27,3)43-34)32(41)36(21-6-2)25-14-16-26(42-4)17-15-25/h5-9,12-17,27-29,38H,1-2,10-11,18-23H2,3-4H3/t27-,28-,29?,33+,34?/m0/s1. The molecule has 228 valence electrons. The fourth-order valence-electron chi connectivity index (χ4n) is 7.30. The minimum absolute atomic E-state index is 0.00513. The molecule has 0 aromatic heterocycles. The van der Waals surface area contributed by atoms with Crippen molar-refractivity contribution >= 4 is 40.9 Å². The SMILES string of the molecule is C=CCN(C(=O)C1N(CCCCO)C(=O)[C@@H]2[C@@H](C(=O)N(CC=C)c3ccccc3)[C@@]3(C)CCC12S3)c1ccc(OC)cc1. The Kier molecular flexibility index (Phi) is 9.04. The number of aliphatic hydroxyl groups excluding tert-OH is 1. The number of hydrogen-bond acceptors (Lipinski definition) is 6. The Balaban J connectivity index is 1.57. The molecule has 2 aromatic carbocycles. The fraction of sp³-hybridized carbons (Fsp3) is 0.441. The van der Waals surface area contributed by atoms with Crippen LogP contribution in [0.1, 0.15) is 32.6 Å². The number of carbonyl (C=O) groups is 3. The molecule has 1 N–H and O–H groups in total. The van der Waals surface area contributed by atoms with Crippen molar-refractivity contribution in [2.24, 2.45) is 11.8 Å². The lowest BCUT2D eigenvalue weighted by Gasteiger charge is -2.38. The van der Waals surface area contributed by atoms with Crippen LogP contribution in [0.15, 0.2) is 79.9 Å². The topological polar surface area (TPSA) is 90.4 Å². The number of ether oxygens (including phenoxy) is 1. The molecule has 5 rings (SSSR count). The van der Waals surface area contributed by atoms with Gasteiger partial charge in [-0.3, -0.25) is 14.4 Å². The molecule has 43 heavy (non-hydrogen) atoms. The van der Waals surface area contributed by atoms with Crippen LogP contribution < -0.4 is 14.5 Å². The fourth-order valence-corrected chi connectivity index (χ4v) is 9.65. The van der Waals surface area contributed by atoms with Gasteiger partial charge in [0.1, 0.15) is 11.8 Å². The van der Waals surface area contributed by atoms with Gasteiger partial charge >= 0.3 is 0 Å². The van der Waals surface area contributed by atoms with Crippen LogP contribution in [-0.2, 0) is 14.4 Å². The highest BCUT2D eigenvalue weighted by atomic mass is 32.2. The molecule has 2 bridgehead atoms. The summed E-state index contributed by atoms with van der Waals surface area (Å²) in [4.78, 5) is 48.9. The van der Waals surface area contributed by atoms with E-state index in [1.54, 1.807) is 45.7 Å². The number of fused-ring (bicyclic) bond motifs is 1. The largest absolute Gasteiger partial charge is 0.497 e. The average Bonchev–Trinajstić information content (AvgIpc) is 3.59. The average molecular weight is 604 g/mol. The molecule has 3 heterocycles. The molecule has 3 aliphatic rings. The number of thioether (sulfide) groups is 1. The summed E-state index contributed by atoms with van der Waals surface area (Å²) in [6.07, 6.45) is 5.86. The smallest absolute Gasteiger partial charge is 0.251 e. The van der Waals surface area contributed by atoms with Gasteiger partial charge in [0.05, 0.1) is 23.7 Å². The maximum atomic E-state index is 14.7. The summed E-state index contributed by atoms with van der Waals surface area (Å²) in [5.41, 5.74) is 1.44. The number of aliphatic hydroxyl groups is 1. The summed E-state index contributed by atoms with van der Waals surface area (Å²) in [5.74, 6) is -0.985. The van der Waals surface area contributed by atoms with Gasteiger partial charge < -0.3 is 24.5 Å². The first kappa shape index (κ1) is 30.9. The third kappa shape index (κ3) is 5.27. The molecular weight excluding hydrogens is 562 g/mol. The Bertz CT molecular complexity index is 1370. The number of methoxy groups -OCH3 is 1. The molecule has 1 spiro atoms. The van der Waals surface area contributed by atoms with Gasteiger partial charge in [0.2, 0.25) is 11.8 Å². The van der Waals surface area contributed by atoms with Crippen LogP contribution in [0.5, 0.6) is 5.75 Å². The Morgan fingerprint density at radius 2 is 1.63 bits per heavy atom. The van der Waals surface area contributed by atoms with E-state index in [1.165, 1.54) is 0 Å². The van der Waals surface area contributed by atoms with Crippen molar-refractivity contribution in [1.29, 1.82) is 0 Å². The summed E-state index contributed by atoms with van der Waals surface area (Å²) in [6.45, 7) is 10.8. The molecule has 3 aliphatic heterocycles. The minimum Gasteiger partial charge on any atom is -0.497 e. The minimum atomic E-state index is -0.750. The molecule has 2 unspecified atom stereocenters. The number of likely N-dealkylation sites (tertiary alicyclic amines) is 1. The van der Waals surface area contributed by atoms with E-state index in [0.717, 1.165) is 12.1 Å². The van der Waals surface area contributed by atoms with Gasteiger partial charge in [0.25, 0.3) is 5.91 Å². The number of amides is 3. The van der Waals surface area contributed by atoms with E-state index in [1.807, 2.05) is 54.6 Å². The number of hydrogen-bond donors (Lipinski definition) is 1. The number of para-hydroxylation sites is 1. The van der Waals surface area contributed by atoms with E-state index in [-0.39, 0.29) is 30.9 Å². The van der Waals surface area contributed by atoms with Crippen LogP contribution in [0, 0.1) is 11.8 Å². The lowest BCUT2D eigenvalue weighted by atomic mass is 9.66. The summed E-state index contributed by atoms with van der Waals surface area (Å²) in [6, 6.07) is 16.0. The maximum Gasteiger partial charge on any atom is 0.251 e. The van der Waals surface area contributed by atoms with E-state index in [4.69, 9.17) is 4.74 Å². The Hall–Kier alpha value is -3.56. The van der Waals surface area contributed by atoms with E-state index in [2.05, 4.69) is 20.1 Å². The van der Waals surface area contributed by atoms with Crippen molar-refractivity contribution in [2.75, 3.05) is 43.2 Å². The van der Waals surface area contributed by atoms with Crippen LogP contribution in [-0.4, -0.2) is 76.6 Å². The lowest BCUT2D eigenvalue weighted by molar-refractivity contribution is -0.139. The van der Waals surface area contributed by atoms with Crippen LogP contribution >= 0.6 is 11.8 Å². The predicted octanol–water partition coefficient (Wildman–Crippen LogP) is 4.69. The third-order valence-corrected chi connectivity index (χ3v) is 11.2. The first-order valence-electron chi connectivity index (χ1n) is 14.9. The zero-order valence-corrected chi connectivity index (χ0v) is 25.8. The molecule has 0 aliphatic carbocycles. The number of unbranched alkanes of at least 4 members (excludes halogenated alkanes) is 1. The summed E-state index contributed by atoms with van der Waals surface area (Å²) in [7, 11) is 1.59. The first-order valence-corrected chi connectivity index (χ1v) is 15.7. The summed E-state index contributed by atoms with van der Waals surface area (Å²) < 4.78 is 4.08. The normalized spacial score (nSPS) is 27.1. The molecule has 8 nitrogen and oxygen atoms in total. The van der Waals surface area contributed by atoms with Crippen molar-refractivity contribution < 1.29 is 24.2 Å². The highest BCUT2D eigenvalue weighted by Gasteiger charge is 2.77. The van der Waals surface area contributed by atoms with E-state index in [9.17, 15) is 19.5 Å². The molecule has 2 aromatic rings. The van der Waals surface area contributed by atoms with Crippen molar-refractivity contribution in [2.45, 2.75) is 48.1 Å². The first-order chi connectivity index (χ1) is 20.8. The molecule has 3 amide bonds. The highest BCUT2D eigenvalue weighted by molar-refractivity contribution is 8.02. The van der Waals surface area contributed by atoms with Crippen molar-refractivity contribution in [3.05, 3.63) is 79.9 Å². The second-order valence-corrected chi connectivity index (χ2v) is 13.6. The van der Waals surface area contributed by atoms with Crippen molar-refractivity contribution in [3.63, 3.8) is 0 Å². The van der Waals surface area contributed by atoms with E-state index >= 15 is 0 Å². The Morgan fingerprint density at radius 3 is 2.23 bits per heavy atom. The Labute approximate surface area is 258 Å².